The quantitative estimate of drug-likeness (QED) is 0.354. The third kappa shape index (κ3) is 5.13. The van der Waals surface area contributed by atoms with Gasteiger partial charge < -0.3 is 9.47 Å². The van der Waals surface area contributed by atoms with Crippen LogP contribution in [0.5, 0.6) is 5.75 Å². The number of carbonyl (C=O) groups excluding carboxylic acids is 1. The van der Waals surface area contributed by atoms with Crippen LogP contribution >= 0.6 is 23.4 Å². The van der Waals surface area contributed by atoms with Crippen molar-refractivity contribution in [2.75, 3.05) is 12.4 Å². The molecule has 2 unspecified atom stereocenters. The van der Waals surface area contributed by atoms with E-state index in [2.05, 4.69) is 36.4 Å². The van der Waals surface area contributed by atoms with Gasteiger partial charge in [0.2, 0.25) is 5.60 Å². The normalized spacial score (nSPS) is 17.2. The van der Waals surface area contributed by atoms with Crippen molar-refractivity contribution in [2.45, 2.75) is 43.1 Å². The summed E-state index contributed by atoms with van der Waals surface area (Å²) in [6.07, 6.45) is 1.50. The number of hydrogen-bond donors (Lipinski definition) is 0. The minimum absolute atomic E-state index is 0.302. The summed E-state index contributed by atoms with van der Waals surface area (Å²) < 4.78 is 11.6. The van der Waals surface area contributed by atoms with E-state index in [1.807, 2.05) is 48.2 Å². The number of fused-ring (bicyclic) bond motifs is 1. The Balaban J connectivity index is 1.55. The molecule has 3 aromatic carbocycles. The molecule has 0 bridgehead atoms. The first-order chi connectivity index (χ1) is 15.5. The predicted octanol–water partition coefficient (Wildman–Crippen LogP) is 6.91. The van der Waals surface area contributed by atoms with Gasteiger partial charge in [-0.05, 0) is 73.0 Å². The molecule has 0 spiro atoms. The molecule has 3 aromatic rings. The summed E-state index contributed by atoms with van der Waals surface area (Å²) in [7, 11) is 0. The maximum absolute atomic E-state index is 12.8. The van der Waals surface area contributed by atoms with Crippen molar-refractivity contribution in [1.82, 2.24) is 0 Å². The van der Waals surface area contributed by atoms with E-state index in [0.717, 1.165) is 17.7 Å². The van der Waals surface area contributed by atoms with Crippen molar-refractivity contribution in [2.24, 2.45) is 0 Å². The second kappa shape index (κ2) is 10.0. The number of rotatable bonds is 7. The van der Waals surface area contributed by atoms with Crippen LogP contribution < -0.4 is 4.74 Å². The first kappa shape index (κ1) is 22.8. The lowest BCUT2D eigenvalue weighted by atomic mass is 9.88. The lowest BCUT2D eigenvalue weighted by molar-refractivity contribution is -0.160. The second-order valence-electron chi connectivity index (χ2n) is 8.15. The maximum atomic E-state index is 12.8. The van der Waals surface area contributed by atoms with Gasteiger partial charge in [0.1, 0.15) is 5.75 Å². The topological polar surface area (TPSA) is 35.5 Å². The number of esters is 1. The molecular weight excluding hydrogens is 440 g/mol. The minimum Gasteiger partial charge on any atom is -0.476 e. The van der Waals surface area contributed by atoms with Crippen LogP contribution in [0.15, 0.2) is 77.7 Å². The van der Waals surface area contributed by atoms with Crippen LogP contribution in [0.4, 0.5) is 0 Å². The number of carbonyl (C=O) groups is 1. The highest BCUT2D eigenvalue weighted by Gasteiger charge is 2.38. The lowest BCUT2D eigenvalue weighted by Gasteiger charge is -2.29. The third-order valence-corrected chi connectivity index (χ3v) is 7.12. The average Bonchev–Trinajstić information content (AvgIpc) is 2.81. The number of hydrogen-bond acceptors (Lipinski definition) is 4. The van der Waals surface area contributed by atoms with Gasteiger partial charge in [0, 0.05) is 22.3 Å². The molecule has 3 nitrogen and oxygen atoms in total. The molecule has 0 fully saturated rings. The molecule has 0 aromatic heterocycles. The molecular formula is C27H27ClO3S. The van der Waals surface area contributed by atoms with Crippen LogP contribution in [0.3, 0.4) is 0 Å². The monoisotopic (exact) mass is 466 g/mol. The number of halogens is 1. The van der Waals surface area contributed by atoms with Crippen LogP contribution in [0, 0.1) is 0 Å². The SMILES string of the molecule is CCOC(=O)C(C)(Cc1ccc(Cl)cc1)Oc1ccc(C2CCSc3ccccc32)cc1. The van der Waals surface area contributed by atoms with Gasteiger partial charge in [-0.25, -0.2) is 4.79 Å². The summed E-state index contributed by atoms with van der Waals surface area (Å²) in [6.45, 7) is 3.88. The Bertz CT molecular complexity index is 1070. The van der Waals surface area contributed by atoms with Gasteiger partial charge >= 0.3 is 5.97 Å². The van der Waals surface area contributed by atoms with Crippen LogP contribution in [-0.4, -0.2) is 23.9 Å². The van der Waals surface area contributed by atoms with Crippen LogP contribution in [0.1, 0.15) is 42.9 Å². The van der Waals surface area contributed by atoms with E-state index >= 15 is 0 Å². The largest absolute Gasteiger partial charge is 0.476 e. The Labute approximate surface area is 199 Å². The maximum Gasteiger partial charge on any atom is 0.350 e. The van der Waals surface area contributed by atoms with Gasteiger partial charge in [-0.1, -0.05) is 54.1 Å². The predicted molar refractivity (Wildman–Crippen MR) is 131 cm³/mol. The molecule has 0 aliphatic carbocycles. The molecule has 4 rings (SSSR count). The van der Waals surface area contributed by atoms with Gasteiger partial charge in [0.15, 0.2) is 0 Å². The summed E-state index contributed by atoms with van der Waals surface area (Å²) >= 11 is 7.93. The van der Waals surface area contributed by atoms with Crippen LogP contribution in [0.25, 0.3) is 0 Å². The fourth-order valence-corrected chi connectivity index (χ4v) is 5.39. The molecule has 2 atom stereocenters. The summed E-state index contributed by atoms with van der Waals surface area (Å²) in [5.41, 5.74) is 2.47. The Morgan fingerprint density at radius 2 is 1.78 bits per heavy atom. The Kier molecular flexibility index (Phi) is 7.12. The standard InChI is InChI=1S/C27H27ClO3S/c1-3-30-26(29)27(2,18-19-8-12-21(28)13-9-19)31-22-14-10-20(11-15-22)23-16-17-32-25-7-5-4-6-24(23)25/h4-15,23H,3,16-18H2,1-2H3. The van der Waals surface area contributed by atoms with E-state index in [0.29, 0.717) is 29.7 Å². The van der Waals surface area contributed by atoms with E-state index in [9.17, 15) is 4.79 Å². The molecule has 0 amide bonds. The molecule has 0 saturated carbocycles. The summed E-state index contributed by atoms with van der Waals surface area (Å²) in [5, 5.41) is 0.658. The van der Waals surface area contributed by atoms with Crippen molar-refractivity contribution in [3.63, 3.8) is 0 Å². The van der Waals surface area contributed by atoms with Crippen LogP contribution in [0.2, 0.25) is 5.02 Å². The van der Waals surface area contributed by atoms with Gasteiger partial charge in [-0.2, -0.15) is 0 Å². The third-order valence-electron chi connectivity index (χ3n) is 5.75. The van der Waals surface area contributed by atoms with Crippen molar-refractivity contribution in [3.8, 4) is 5.75 Å². The van der Waals surface area contributed by atoms with E-state index in [1.165, 1.54) is 16.0 Å². The van der Waals surface area contributed by atoms with E-state index in [4.69, 9.17) is 21.1 Å². The first-order valence-electron chi connectivity index (χ1n) is 10.9. The zero-order valence-electron chi connectivity index (χ0n) is 18.3. The zero-order chi connectivity index (χ0) is 22.6. The Hall–Kier alpha value is -2.43. The highest BCUT2D eigenvalue weighted by molar-refractivity contribution is 7.99. The molecule has 0 saturated heterocycles. The highest BCUT2D eigenvalue weighted by atomic mass is 35.5. The smallest absolute Gasteiger partial charge is 0.350 e. The molecule has 1 heterocycles. The molecule has 1 aliphatic rings. The van der Waals surface area contributed by atoms with Crippen molar-refractivity contribution in [1.29, 1.82) is 0 Å². The van der Waals surface area contributed by atoms with Gasteiger partial charge in [-0.3, -0.25) is 0 Å². The Morgan fingerprint density at radius 1 is 1.06 bits per heavy atom. The van der Waals surface area contributed by atoms with Gasteiger partial charge in [0.05, 0.1) is 6.61 Å². The molecule has 32 heavy (non-hydrogen) atoms. The lowest BCUT2D eigenvalue weighted by Crippen LogP contribution is -2.45. The zero-order valence-corrected chi connectivity index (χ0v) is 19.9. The van der Waals surface area contributed by atoms with Crippen molar-refractivity contribution in [3.05, 3.63) is 94.5 Å². The van der Waals surface area contributed by atoms with Gasteiger partial charge in [0.25, 0.3) is 0 Å². The fourth-order valence-electron chi connectivity index (χ4n) is 4.14. The summed E-state index contributed by atoms with van der Waals surface area (Å²) in [6, 6.07) is 24.2. The fraction of sp³-hybridized carbons (Fsp3) is 0.296. The molecule has 166 valence electrons. The van der Waals surface area contributed by atoms with Gasteiger partial charge in [-0.15, -0.1) is 11.8 Å². The number of thioether (sulfide) groups is 1. The van der Waals surface area contributed by atoms with E-state index in [1.54, 1.807) is 13.8 Å². The van der Waals surface area contributed by atoms with Crippen LogP contribution in [-0.2, 0) is 16.0 Å². The van der Waals surface area contributed by atoms with Crippen molar-refractivity contribution < 1.29 is 14.3 Å². The minimum atomic E-state index is -1.14. The average molecular weight is 467 g/mol. The molecule has 0 N–H and O–H groups in total. The van der Waals surface area contributed by atoms with E-state index in [-0.39, 0.29) is 5.97 Å². The molecule has 1 aliphatic heterocycles. The molecule has 5 heteroatoms. The number of ether oxygens (including phenoxy) is 2. The summed E-state index contributed by atoms with van der Waals surface area (Å²) in [4.78, 5) is 14.2. The highest BCUT2D eigenvalue weighted by Crippen LogP contribution is 2.41. The first-order valence-corrected chi connectivity index (χ1v) is 12.3. The Morgan fingerprint density at radius 3 is 2.50 bits per heavy atom. The van der Waals surface area contributed by atoms with E-state index < -0.39 is 5.60 Å². The summed E-state index contributed by atoms with van der Waals surface area (Å²) in [5.74, 6) is 1.77. The second-order valence-corrected chi connectivity index (χ2v) is 9.73. The number of benzene rings is 3. The molecule has 0 radical (unpaired) electrons. The van der Waals surface area contributed by atoms with Crippen molar-refractivity contribution >= 4 is 29.3 Å².